The van der Waals surface area contributed by atoms with Gasteiger partial charge in [0.1, 0.15) is 0 Å². The number of aliphatic hydroxyl groups excluding tert-OH is 1. The third kappa shape index (κ3) is 3.01. The summed E-state index contributed by atoms with van der Waals surface area (Å²) in [5.41, 5.74) is 1.13. The molecular formula is C12H20N2O. The monoisotopic (exact) mass is 208 g/mol. The van der Waals surface area contributed by atoms with Crippen LogP contribution in [-0.4, -0.2) is 23.7 Å². The lowest BCUT2D eigenvalue weighted by Gasteiger charge is -2.28. The van der Waals surface area contributed by atoms with Crippen LogP contribution in [-0.2, 0) is 0 Å². The number of hydrogen-bond donors (Lipinski definition) is 2. The van der Waals surface area contributed by atoms with Crippen LogP contribution in [0.15, 0.2) is 24.5 Å². The molecule has 1 aromatic heterocycles. The van der Waals surface area contributed by atoms with Crippen LogP contribution in [0.5, 0.6) is 0 Å². The number of nitrogens with one attached hydrogen (secondary N) is 1. The maximum atomic E-state index is 9.40. The van der Waals surface area contributed by atoms with E-state index in [-0.39, 0.29) is 18.6 Å². The quantitative estimate of drug-likeness (QED) is 0.772. The summed E-state index contributed by atoms with van der Waals surface area (Å²) in [4.78, 5) is 4.11. The molecule has 0 fully saturated rings. The van der Waals surface area contributed by atoms with Gasteiger partial charge in [-0.25, -0.2) is 0 Å². The van der Waals surface area contributed by atoms with Crippen molar-refractivity contribution in [2.45, 2.75) is 19.9 Å². The van der Waals surface area contributed by atoms with Crippen LogP contribution >= 0.6 is 0 Å². The van der Waals surface area contributed by atoms with Crippen molar-refractivity contribution >= 4 is 0 Å². The van der Waals surface area contributed by atoms with E-state index >= 15 is 0 Å². The maximum Gasteiger partial charge on any atom is 0.0479 e. The highest BCUT2D eigenvalue weighted by atomic mass is 16.3. The molecule has 0 aliphatic rings. The van der Waals surface area contributed by atoms with Crippen molar-refractivity contribution in [3.63, 3.8) is 0 Å². The summed E-state index contributed by atoms with van der Waals surface area (Å²) in [5, 5.41) is 12.6. The van der Waals surface area contributed by atoms with Crippen LogP contribution in [0, 0.1) is 11.8 Å². The minimum absolute atomic E-state index is 0.170. The van der Waals surface area contributed by atoms with Gasteiger partial charge in [0.05, 0.1) is 0 Å². The predicted octanol–water partition coefficient (Wildman–Crippen LogP) is 1.61. The summed E-state index contributed by atoms with van der Waals surface area (Å²) in [5.74, 6) is 0.659. The van der Waals surface area contributed by atoms with Gasteiger partial charge in [-0.15, -0.1) is 0 Å². The van der Waals surface area contributed by atoms with Gasteiger partial charge in [-0.05, 0) is 24.6 Å². The lowest BCUT2D eigenvalue weighted by atomic mass is 9.86. The summed E-state index contributed by atoms with van der Waals surface area (Å²) >= 11 is 0. The Morgan fingerprint density at radius 2 is 2.20 bits per heavy atom. The predicted molar refractivity (Wildman–Crippen MR) is 61.5 cm³/mol. The summed E-state index contributed by atoms with van der Waals surface area (Å²) in [6, 6.07) is 4.14. The molecule has 0 aromatic carbocycles. The second-order valence-corrected chi connectivity index (χ2v) is 4.14. The van der Waals surface area contributed by atoms with Crippen LogP contribution in [0.1, 0.15) is 25.5 Å². The zero-order valence-corrected chi connectivity index (χ0v) is 9.64. The highest BCUT2D eigenvalue weighted by molar-refractivity contribution is 5.15. The Labute approximate surface area is 91.5 Å². The molecule has 3 nitrogen and oxygen atoms in total. The fraction of sp³-hybridized carbons (Fsp3) is 0.583. The minimum atomic E-state index is 0.170. The number of nitrogens with zero attached hydrogens (tertiary/aromatic N) is 1. The molecule has 0 aliphatic carbocycles. The second kappa shape index (κ2) is 5.83. The number of pyridine rings is 1. The highest BCUT2D eigenvalue weighted by Gasteiger charge is 2.23. The van der Waals surface area contributed by atoms with E-state index in [1.54, 1.807) is 6.20 Å². The molecule has 1 rings (SSSR count). The Kier molecular flexibility index (Phi) is 4.72. The molecule has 2 unspecified atom stereocenters. The first-order valence-electron chi connectivity index (χ1n) is 5.38. The fourth-order valence-corrected chi connectivity index (χ4v) is 1.89. The van der Waals surface area contributed by atoms with Gasteiger partial charge in [0, 0.05) is 31.0 Å². The molecule has 84 valence electrons. The van der Waals surface area contributed by atoms with Crippen molar-refractivity contribution in [1.29, 1.82) is 0 Å². The molecule has 1 aromatic rings. The lowest BCUT2D eigenvalue weighted by Crippen LogP contribution is -2.31. The Morgan fingerprint density at radius 3 is 2.60 bits per heavy atom. The van der Waals surface area contributed by atoms with Gasteiger partial charge in [0.2, 0.25) is 0 Å². The third-order valence-corrected chi connectivity index (χ3v) is 2.85. The number of rotatable bonds is 5. The van der Waals surface area contributed by atoms with Crippen molar-refractivity contribution in [3.05, 3.63) is 30.1 Å². The van der Waals surface area contributed by atoms with Gasteiger partial charge in [-0.2, -0.15) is 0 Å². The van der Waals surface area contributed by atoms with Crippen molar-refractivity contribution in [3.8, 4) is 0 Å². The van der Waals surface area contributed by atoms with Crippen LogP contribution in [0.25, 0.3) is 0 Å². The number of aromatic nitrogens is 1. The molecule has 2 atom stereocenters. The summed E-state index contributed by atoms with van der Waals surface area (Å²) in [7, 11) is 1.92. The van der Waals surface area contributed by atoms with Gasteiger partial charge >= 0.3 is 0 Å². The van der Waals surface area contributed by atoms with Crippen LogP contribution in [0.4, 0.5) is 0 Å². The van der Waals surface area contributed by atoms with Gasteiger partial charge in [-0.1, -0.05) is 19.9 Å². The average molecular weight is 208 g/mol. The smallest absolute Gasteiger partial charge is 0.0479 e. The molecule has 2 N–H and O–H groups in total. The number of hydrogen-bond acceptors (Lipinski definition) is 3. The molecule has 0 bridgehead atoms. The van der Waals surface area contributed by atoms with E-state index in [0.29, 0.717) is 5.92 Å². The molecule has 15 heavy (non-hydrogen) atoms. The summed E-state index contributed by atoms with van der Waals surface area (Å²) in [6.07, 6.45) is 3.62. The van der Waals surface area contributed by atoms with E-state index in [9.17, 15) is 5.11 Å². The van der Waals surface area contributed by atoms with Crippen molar-refractivity contribution in [2.24, 2.45) is 11.8 Å². The van der Waals surface area contributed by atoms with E-state index in [1.807, 2.05) is 25.4 Å². The Bertz CT molecular complexity index is 274. The molecule has 0 aliphatic heterocycles. The van der Waals surface area contributed by atoms with Crippen molar-refractivity contribution in [2.75, 3.05) is 13.7 Å². The standard InChI is InChI=1S/C12H20N2O/c1-9(2)11(8-15)12(13-3)10-5-4-6-14-7-10/h4-7,9,11-13,15H,8H2,1-3H3. The summed E-state index contributed by atoms with van der Waals surface area (Å²) in [6.45, 7) is 4.45. The second-order valence-electron chi connectivity index (χ2n) is 4.14. The normalized spacial score (nSPS) is 15.3. The molecule has 1 heterocycles. The fourth-order valence-electron chi connectivity index (χ4n) is 1.89. The molecule has 0 saturated heterocycles. The van der Waals surface area contributed by atoms with E-state index < -0.39 is 0 Å². The first kappa shape index (κ1) is 12.1. The number of aliphatic hydroxyl groups is 1. The van der Waals surface area contributed by atoms with Crippen molar-refractivity contribution < 1.29 is 5.11 Å². The van der Waals surface area contributed by atoms with Crippen LogP contribution in [0.2, 0.25) is 0 Å². The SMILES string of the molecule is CNC(c1cccnc1)C(CO)C(C)C. The van der Waals surface area contributed by atoms with Gasteiger partial charge in [0.25, 0.3) is 0 Å². The summed E-state index contributed by atoms with van der Waals surface area (Å²) < 4.78 is 0. The Morgan fingerprint density at radius 1 is 1.47 bits per heavy atom. The largest absolute Gasteiger partial charge is 0.396 e. The molecule has 0 spiro atoms. The molecule has 0 radical (unpaired) electrons. The molecule has 0 saturated carbocycles. The highest BCUT2D eigenvalue weighted by Crippen LogP contribution is 2.26. The first-order valence-corrected chi connectivity index (χ1v) is 5.38. The van der Waals surface area contributed by atoms with Gasteiger partial charge in [0.15, 0.2) is 0 Å². The topological polar surface area (TPSA) is 45.2 Å². The average Bonchev–Trinajstić information content (AvgIpc) is 2.26. The molecule has 3 heteroatoms. The van der Waals surface area contributed by atoms with E-state index in [2.05, 4.69) is 24.1 Å². The van der Waals surface area contributed by atoms with E-state index in [0.717, 1.165) is 5.56 Å². The van der Waals surface area contributed by atoms with Gasteiger partial charge in [-0.3, -0.25) is 4.98 Å². The molecule has 0 amide bonds. The zero-order valence-electron chi connectivity index (χ0n) is 9.64. The zero-order chi connectivity index (χ0) is 11.3. The third-order valence-electron chi connectivity index (χ3n) is 2.85. The van der Waals surface area contributed by atoms with E-state index in [4.69, 9.17) is 0 Å². The van der Waals surface area contributed by atoms with Crippen LogP contribution in [0.3, 0.4) is 0 Å². The van der Waals surface area contributed by atoms with Crippen LogP contribution < -0.4 is 5.32 Å². The minimum Gasteiger partial charge on any atom is -0.396 e. The molecular weight excluding hydrogens is 188 g/mol. The Hall–Kier alpha value is -0.930. The Balaban J connectivity index is 2.87. The van der Waals surface area contributed by atoms with E-state index in [1.165, 1.54) is 0 Å². The van der Waals surface area contributed by atoms with Gasteiger partial charge < -0.3 is 10.4 Å². The first-order chi connectivity index (χ1) is 7.20. The maximum absolute atomic E-state index is 9.40. The van der Waals surface area contributed by atoms with Crippen molar-refractivity contribution in [1.82, 2.24) is 10.3 Å². The lowest BCUT2D eigenvalue weighted by molar-refractivity contribution is 0.154.